The van der Waals surface area contributed by atoms with Crippen LogP contribution >= 0.6 is 11.6 Å². The van der Waals surface area contributed by atoms with Crippen LogP contribution in [0.1, 0.15) is 18.5 Å². The molecule has 2 aromatic rings. The zero-order valence-electron chi connectivity index (χ0n) is 14.0. The summed E-state index contributed by atoms with van der Waals surface area (Å²) in [6.45, 7) is 2.70. The first-order valence-electron chi connectivity index (χ1n) is 7.93. The van der Waals surface area contributed by atoms with Crippen molar-refractivity contribution in [3.8, 4) is 5.75 Å². The van der Waals surface area contributed by atoms with Gasteiger partial charge < -0.3 is 15.4 Å². The maximum absolute atomic E-state index is 12.5. The number of carbonyl (C=O) groups is 1. The fourth-order valence-corrected chi connectivity index (χ4v) is 2.62. The van der Waals surface area contributed by atoms with Gasteiger partial charge >= 0.3 is 0 Å². The summed E-state index contributed by atoms with van der Waals surface area (Å²) in [4.78, 5) is 14.2. The maximum Gasteiger partial charge on any atom is 0.227 e. The van der Waals surface area contributed by atoms with E-state index in [1.165, 1.54) is 0 Å². The summed E-state index contributed by atoms with van der Waals surface area (Å²) in [5.74, 6) is 0.306. The molecule has 24 heavy (non-hydrogen) atoms. The van der Waals surface area contributed by atoms with Gasteiger partial charge in [-0.25, -0.2) is 0 Å². The molecular weight excluding hydrogens is 324 g/mol. The number of likely N-dealkylation sites (N-methyl/N-ethyl adjacent to an activating group) is 1. The smallest absolute Gasteiger partial charge is 0.227 e. The molecule has 4 nitrogen and oxygen atoms in total. The molecule has 0 heterocycles. The number of carbonyl (C=O) groups excluding carboxylic acids is 1. The van der Waals surface area contributed by atoms with Crippen LogP contribution in [0.25, 0.3) is 0 Å². The van der Waals surface area contributed by atoms with Crippen molar-refractivity contribution in [2.45, 2.75) is 13.0 Å². The molecule has 0 aliphatic heterocycles. The summed E-state index contributed by atoms with van der Waals surface area (Å²) in [6.07, 6.45) is 0. The summed E-state index contributed by atoms with van der Waals surface area (Å²) in [6, 6.07) is 16.6. The fourth-order valence-electron chi connectivity index (χ4n) is 2.43. The van der Waals surface area contributed by atoms with Crippen LogP contribution in [-0.4, -0.2) is 31.0 Å². The number of benzene rings is 2. The lowest BCUT2D eigenvalue weighted by atomic mass is 9.94. The second kappa shape index (κ2) is 8.71. The predicted octanol–water partition coefficient (Wildman–Crippen LogP) is 3.51. The van der Waals surface area contributed by atoms with Gasteiger partial charge in [0.15, 0.2) is 0 Å². The molecule has 0 aliphatic carbocycles. The van der Waals surface area contributed by atoms with Crippen LogP contribution in [0, 0.1) is 5.92 Å². The Labute approximate surface area is 148 Å². The summed E-state index contributed by atoms with van der Waals surface area (Å²) in [7, 11) is 1.76. The topological polar surface area (TPSA) is 55.6 Å². The van der Waals surface area contributed by atoms with Crippen molar-refractivity contribution in [1.82, 2.24) is 4.90 Å². The molecule has 0 aliphatic rings. The van der Waals surface area contributed by atoms with Crippen molar-refractivity contribution in [3.63, 3.8) is 0 Å². The first-order valence-corrected chi connectivity index (χ1v) is 8.31. The fraction of sp³-hybridized carbons (Fsp3) is 0.316. The Bertz CT molecular complexity index is 663. The predicted molar refractivity (Wildman–Crippen MR) is 97.1 cm³/mol. The average molecular weight is 347 g/mol. The summed E-state index contributed by atoms with van der Waals surface area (Å²) < 4.78 is 5.63. The van der Waals surface area contributed by atoms with E-state index < -0.39 is 0 Å². The van der Waals surface area contributed by atoms with E-state index in [0.717, 1.165) is 5.56 Å². The number of para-hydroxylation sites is 1. The molecule has 1 amide bonds. The molecule has 5 heteroatoms. The molecule has 0 radical (unpaired) electrons. The number of hydrogen-bond donors (Lipinski definition) is 1. The first kappa shape index (κ1) is 18.3. The van der Waals surface area contributed by atoms with E-state index in [2.05, 4.69) is 0 Å². The molecule has 0 fully saturated rings. The molecule has 128 valence electrons. The van der Waals surface area contributed by atoms with Crippen LogP contribution in [0.3, 0.4) is 0 Å². The van der Waals surface area contributed by atoms with Crippen molar-refractivity contribution in [3.05, 3.63) is 65.2 Å². The van der Waals surface area contributed by atoms with Gasteiger partial charge in [-0.3, -0.25) is 4.79 Å². The van der Waals surface area contributed by atoms with E-state index in [4.69, 9.17) is 22.1 Å². The van der Waals surface area contributed by atoms with Crippen LogP contribution in [0.4, 0.5) is 0 Å². The average Bonchev–Trinajstić information content (AvgIpc) is 2.62. The molecule has 2 unspecified atom stereocenters. The van der Waals surface area contributed by atoms with Crippen LogP contribution in [0.15, 0.2) is 54.6 Å². The van der Waals surface area contributed by atoms with E-state index in [9.17, 15) is 4.79 Å². The third kappa shape index (κ3) is 4.73. The summed E-state index contributed by atoms with van der Waals surface area (Å²) >= 11 is 6.04. The molecule has 0 spiro atoms. The van der Waals surface area contributed by atoms with E-state index in [-0.39, 0.29) is 17.9 Å². The Hall–Kier alpha value is -2.04. The van der Waals surface area contributed by atoms with Gasteiger partial charge in [-0.1, -0.05) is 61.0 Å². The Morgan fingerprint density at radius 2 is 1.79 bits per heavy atom. The minimum Gasteiger partial charge on any atom is -0.490 e. The van der Waals surface area contributed by atoms with E-state index in [1.807, 2.05) is 49.4 Å². The second-order valence-electron chi connectivity index (χ2n) is 5.76. The molecule has 2 aromatic carbocycles. The molecule has 2 N–H and O–H groups in total. The highest BCUT2D eigenvalue weighted by atomic mass is 35.5. The standard InChI is InChI=1S/C19H23ClN2O2/c1-14(18(21)15-8-4-3-5-9-15)19(23)22(2)12-13-24-17-11-7-6-10-16(17)20/h3-11,14,18H,12-13,21H2,1-2H3. The van der Waals surface area contributed by atoms with Gasteiger partial charge in [0, 0.05) is 13.1 Å². The van der Waals surface area contributed by atoms with E-state index in [0.29, 0.717) is 23.9 Å². The number of nitrogens with two attached hydrogens (primary N) is 1. The molecule has 2 rings (SSSR count). The number of ether oxygens (including phenoxy) is 1. The van der Waals surface area contributed by atoms with Crippen LogP contribution in [0.5, 0.6) is 5.75 Å². The van der Waals surface area contributed by atoms with Crippen molar-refractivity contribution >= 4 is 17.5 Å². The highest BCUT2D eigenvalue weighted by Gasteiger charge is 2.24. The van der Waals surface area contributed by atoms with Gasteiger partial charge in [-0.05, 0) is 17.7 Å². The Balaban J connectivity index is 1.86. The van der Waals surface area contributed by atoms with E-state index in [1.54, 1.807) is 24.1 Å². The Kier molecular flexibility index (Phi) is 6.64. The van der Waals surface area contributed by atoms with Crippen LogP contribution < -0.4 is 10.5 Å². The minimum atomic E-state index is -0.328. The Morgan fingerprint density at radius 1 is 1.17 bits per heavy atom. The van der Waals surface area contributed by atoms with Crippen LogP contribution in [-0.2, 0) is 4.79 Å². The van der Waals surface area contributed by atoms with E-state index >= 15 is 0 Å². The van der Waals surface area contributed by atoms with Gasteiger partial charge in [0.05, 0.1) is 17.5 Å². The lowest BCUT2D eigenvalue weighted by molar-refractivity contribution is -0.134. The lowest BCUT2D eigenvalue weighted by Gasteiger charge is -2.25. The zero-order chi connectivity index (χ0) is 17.5. The van der Waals surface area contributed by atoms with Gasteiger partial charge in [0.1, 0.15) is 12.4 Å². The van der Waals surface area contributed by atoms with Gasteiger partial charge in [-0.15, -0.1) is 0 Å². The molecule has 0 aromatic heterocycles. The molecule has 0 saturated carbocycles. The highest BCUT2D eigenvalue weighted by molar-refractivity contribution is 6.32. The largest absolute Gasteiger partial charge is 0.490 e. The van der Waals surface area contributed by atoms with Crippen molar-refractivity contribution in [2.24, 2.45) is 11.7 Å². The van der Waals surface area contributed by atoms with Gasteiger partial charge in [0.2, 0.25) is 5.91 Å². The molecule has 2 atom stereocenters. The monoisotopic (exact) mass is 346 g/mol. The van der Waals surface area contributed by atoms with Gasteiger partial charge in [0.25, 0.3) is 0 Å². The van der Waals surface area contributed by atoms with Crippen LogP contribution in [0.2, 0.25) is 5.02 Å². The molecule has 0 saturated heterocycles. The lowest BCUT2D eigenvalue weighted by Crippen LogP contribution is -2.39. The first-order chi connectivity index (χ1) is 11.5. The number of rotatable bonds is 7. The van der Waals surface area contributed by atoms with Gasteiger partial charge in [-0.2, -0.15) is 0 Å². The SMILES string of the molecule is CC(C(=O)N(C)CCOc1ccccc1Cl)C(N)c1ccccc1. The summed E-state index contributed by atoms with van der Waals surface area (Å²) in [5, 5.41) is 0.561. The summed E-state index contributed by atoms with van der Waals surface area (Å²) in [5.41, 5.74) is 7.18. The Morgan fingerprint density at radius 3 is 2.46 bits per heavy atom. The van der Waals surface area contributed by atoms with Crippen molar-refractivity contribution in [1.29, 1.82) is 0 Å². The minimum absolute atomic E-state index is 0.00545. The number of amides is 1. The normalized spacial score (nSPS) is 13.2. The zero-order valence-corrected chi connectivity index (χ0v) is 14.7. The number of hydrogen-bond acceptors (Lipinski definition) is 3. The van der Waals surface area contributed by atoms with Crippen molar-refractivity contribution in [2.75, 3.05) is 20.2 Å². The number of nitrogens with zero attached hydrogens (tertiary/aromatic N) is 1. The highest BCUT2D eigenvalue weighted by Crippen LogP contribution is 2.23. The quantitative estimate of drug-likeness (QED) is 0.834. The third-order valence-corrected chi connectivity index (χ3v) is 4.32. The maximum atomic E-state index is 12.5. The second-order valence-corrected chi connectivity index (χ2v) is 6.17. The molecular formula is C19H23ClN2O2. The third-order valence-electron chi connectivity index (χ3n) is 4.01. The molecule has 0 bridgehead atoms. The van der Waals surface area contributed by atoms with Crippen molar-refractivity contribution < 1.29 is 9.53 Å². The number of halogens is 1.